The Labute approximate surface area is 98.1 Å². The Hall–Kier alpha value is 0.400. The maximum atomic E-state index is 10.6. The van der Waals surface area contributed by atoms with Crippen LogP contribution in [0.15, 0.2) is 0 Å². The third-order valence-electron chi connectivity index (χ3n) is 1.29. The highest BCUT2D eigenvalue weighted by Crippen LogP contribution is 2.14. The molecule has 0 spiro atoms. The van der Waals surface area contributed by atoms with Crippen LogP contribution < -0.4 is 11.5 Å². The van der Waals surface area contributed by atoms with Crippen molar-refractivity contribution in [2.75, 3.05) is 0 Å². The molecule has 2 unspecified atom stereocenters. The number of halogens is 2. The van der Waals surface area contributed by atoms with E-state index in [1.165, 1.54) is 0 Å². The van der Waals surface area contributed by atoms with Crippen LogP contribution in [-0.4, -0.2) is 19.7 Å². The Kier molecular flexibility index (Phi) is 6.14. The second-order valence-electron chi connectivity index (χ2n) is 2.32. The van der Waals surface area contributed by atoms with Gasteiger partial charge in [0.1, 0.15) is 0 Å². The van der Waals surface area contributed by atoms with E-state index in [0.29, 0.717) is 12.8 Å². The van der Waals surface area contributed by atoms with Crippen molar-refractivity contribution in [1.82, 2.24) is 0 Å². The highest BCUT2D eigenvalue weighted by atomic mass is 127. The fourth-order valence-corrected chi connectivity index (χ4v) is 1.30. The van der Waals surface area contributed by atoms with E-state index in [1.807, 2.05) is 45.2 Å². The first kappa shape index (κ1) is 12.4. The van der Waals surface area contributed by atoms with Gasteiger partial charge in [-0.05, 0) is 12.8 Å². The number of amides is 2. The average Bonchev–Trinajstić information content (AvgIpc) is 1.98. The Morgan fingerprint density at radius 1 is 1.00 bits per heavy atom. The lowest BCUT2D eigenvalue weighted by Crippen LogP contribution is -2.27. The van der Waals surface area contributed by atoms with Gasteiger partial charge in [0.15, 0.2) is 0 Å². The van der Waals surface area contributed by atoms with Crippen LogP contribution in [0, 0.1) is 0 Å². The van der Waals surface area contributed by atoms with Crippen molar-refractivity contribution in [3.05, 3.63) is 0 Å². The van der Waals surface area contributed by atoms with E-state index >= 15 is 0 Å². The van der Waals surface area contributed by atoms with Gasteiger partial charge in [-0.15, -0.1) is 0 Å². The summed E-state index contributed by atoms with van der Waals surface area (Å²) >= 11 is 3.92. The summed E-state index contributed by atoms with van der Waals surface area (Å²) in [5.41, 5.74) is 10.1. The Morgan fingerprint density at radius 2 is 1.25 bits per heavy atom. The molecule has 70 valence electrons. The molecule has 0 aromatic carbocycles. The molecule has 0 saturated heterocycles. The summed E-state index contributed by atoms with van der Waals surface area (Å²) in [6, 6.07) is 0. The van der Waals surface area contributed by atoms with Crippen molar-refractivity contribution in [2.24, 2.45) is 11.5 Å². The molecular weight excluding hydrogens is 386 g/mol. The second kappa shape index (κ2) is 5.95. The van der Waals surface area contributed by atoms with Gasteiger partial charge >= 0.3 is 0 Å². The van der Waals surface area contributed by atoms with Crippen molar-refractivity contribution < 1.29 is 9.59 Å². The maximum absolute atomic E-state index is 10.6. The second-order valence-corrected chi connectivity index (χ2v) is 5.32. The molecule has 0 aliphatic heterocycles. The van der Waals surface area contributed by atoms with Gasteiger partial charge in [0, 0.05) is 0 Å². The highest BCUT2D eigenvalue weighted by molar-refractivity contribution is 14.1. The zero-order valence-electron chi connectivity index (χ0n) is 6.30. The molecule has 6 heteroatoms. The van der Waals surface area contributed by atoms with Gasteiger partial charge in [0.05, 0.1) is 7.85 Å². The molecular formula is C6H10I2N2O2. The molecule has 12 heavy (non-hydrogen) atoms. The first-order chi connectivity index (χ1) is 5.45. The van der Waals surface area contributed by atoms with Crippen LogP contribution in [0.4, 0.5) is 0 Å². The third-order valence-corrected chi connectivity index (χ3v) is 3.76. The van der Waals surface area contributed by atoms with Gasteiger partial charge < -0.3 is 11.5 Å². The number of alkyl halides is 2. The molecule has 0 aliphatic rings. The van der Waals surface area contributed by atoms with Crippen LogP contribution in [0.1, 0.15) is 12.8 Å². The Balaban J connectivity index is 3.68. The molecule has 0 bridgehead atoms. The van der Waals surface area contributed by atoms with Crippen molar-refractivity contribution in [2.45, 2.75) is 20.7 Å². The molecule has 0 radical (unpaired) electrons. The Bertz CT molecular complexity index is 166. The van der Waals surface area contributed by atoms with Crippen molar-refractivity contribution >= 4 is 57.0 Å². The summed E-state index contributed by atoms with van der Waals surface area (Å²) < 4.78 is -0.418. The number of primary amides is 2. The zero-order chi connectivity index (χ0) is 9.72. The molecule has 0 aromatic heterocycles. The lowest BCUT2D eigenvalue weighted by molar-refractivity contribution is -0.118. The smallest absolute Gasteiger partial charge is 0.230 e. The highest BCUT2D eigenvalue weighted by Gasteiger charge is 2.15. The molecule has 0 aliphatic carbocycles. The van der Waals surface area contributed by atoms with Gasteiger partial charge in [0.2, 0.25) is 11.8 Å². The number of rotatable bonds is 5. The van der Waals surface area contributed by atoms with E-state index in [-0.39, 0.29) is 19.7 Å². The summed E-state index contributed by atoms with van der Waals surface area (Å²) in [6.45, 7) is 0. The predicted molar refractivity (Wildman–Crippen MR) is 63.2 cm³/mol. The maximum Gasteiger partial charge on any atom is 0.230 e. The quantitative estimate of drug-likeness (QED) is 0.519. The number of carbonyl (C=O) groups is 2. The SMILES string of the molecule is NC(=O)C(I)CCC(I)C(N)=O. The van der Waals surface area contributed by atoms with Crippen LogP contribution in [0.2, 0.25) is 0 Å². The summed E-state index contributed by atoms with van der Waals surface area (Å²) in [5, 5.41) is 0. The van der Waals surface area contributed by atoms with E-state index in [1.54, 1.807) is 0 Å². The van der Waals surface area contributed by atoms with E-state index in [9.17, 15) is 9.59 Å². The van der Waals surface area contributed by atoms with Crippen LogP contribution in [-0.2, 0) is 9.59 Å². The van der Waals surface area contributed by atoms with E-state index in [0.717, 1.165) is 0 Å². The lowest BCUT2D eigenvalue weighted by Gasteiger charge is -2.07. The average molecular weight is 396 g/mol. The van der Waals surface area contributed by atoms with Crippen molar-refractivity contribution in [3.63, 3.8) is 0 Å². The van der Waals surface area contributed by atoms with Crippen LogP contribution in [0.3, 0.4) is 0 Å². The minimum absolute atomic E-state index is 0.209. The number of carbonyl (C=O) groups excluding carboxylic acids is 2. The molecule has 0 fully saturated rings. The molecule has 2 amide bonds. The van der Waals surface area contributed by atoms with Gasteiger partial charge in [-0.3, -0.25) is 9.59 Å². The number of nitrogens with two attached hydrogens (primary N) is 2. The summed E-state index contributed by atoms with van der Waals surface area (Å²) in [5.74, 6) is -0.688. The van der Waals surface area contributed by atoms with Crippen LogP contribution in [0.25, 0.3) is 0 Å². The lowest BCUT2D eigenvalue weighted by atomic mass is 10.2. The molecule has 0 aromatic rings. The van der Waals surface area contributed by atoms with Gasteiger partial charge in [-0.2, -0.15) is 0 Å². The summed E-state index contributed by atoms with van der Waals surface area (Å²) in [6.07, 6.45) is 1.21. The largest absolute Gasteiger partial charge is 0.369 e. The molecule has 0 rings (SSSR count). The monoisotopic (exact) mass is 396 g/mol. The molecule has 2 atom stereocenters. The van der Waals surface area contributed by atoms with Gasteiger partial charge in [0.25, 0.3) is 0 Å². The summed E-state index contributed by atoms with van der Waals surface area (Å²) in [4.78, 5) is 21.2. The third kappa shape index (κ3) is 5.12. The first-order valence-electron chi connectivity index (χ1n) is 3.32. The standard InChI is InChI=1S/C6H10I2N2O2/c7-3(5(9)11)1-2-4(8)6(10)12/h3-4H,1-2H2,(H2,9,11)(H2,10,12). The van der Waals surface area contributed by atoms with E-state index < -0.39 is 0 Å². The minimum Gasteiger partial charge on any atom is -0.369 e. The van der Waals surface area contributed by atoms with Gasteiger partial charge in [-0.1, -0.05) is 45.2 Å². The van der Waals surface area contributed by atoms with Gasteiger partial charge in [-0.25, -0.2) is 0 Å². The fourth-order valence-electron chi connectivity index (χ4n) is 0.577. The summed E-state index contributed by atoms with van der Waals surface area (Å²) in [7, 11) is 0. The van der Waals surface area contributed by atoms with Crippen molar-refractivity contribution in [1.29, 1.82) is 0 Å². The molecule has 0 heterocycles. The number of hydrogen-bond donors (Lipinski definition) is 2. The van der Waals surface area contributed by atoms with E-state index in [2.05, 4.69) is 0 Å². The molecule has 4 N–H and O–H groups in total. The van der Waals surface area contributed by atoms with Crippen LogP contribution in [0.5, 0.6) is 0 Å². The first-order valence-corrected chi connectivity index (χ1v) is 5.81. The topological polar surface area (TPSA) is 86.2 Å². The minimum atomic E-state index is -0.344. The van der Waals surface area contributed by atoms with Crippen molar-refractivity contribution in [3.8, 4) is 0 Å². The van der Waals surface area contributed by atoms with E-state index in [4.69, 9.17) is 11.5 Å². The molecule has 0 saturated carbocycles. The normalized spacial score (nSPS) is 15.2. The number of hydrogen-bond acceptors (Lipinski definition) is 2. The predicted octanol–water partition coefficient (Wildman–Crippen LogP) is 0.344. The zero-order valence-corrected chi connectivity index (χ0v) is 10.6. The fraction of sp³-hybridized carbons (Fsp3) is 0.667. The molecule has 4 nitrogen and oxygen atoms in total. The van der Waals surface area contributed by atoms with Crippen LogP contribution >= 0.6 is 45.2 Å². The Morgan fingerprint density at radius 3 is 1.42 bits per heavy atom.